The lowest BCUT2D eigenvalue weighted by Gasteiger charge is -2.45. The second kappa shape index (κ2) is 9.10. The molecule has 1 saturated carbocycles. The largest absolute Gasteiger partial charge is 0.466 e. The van der Waals surface area contributed by atoms with Crippen LogP contribution in [0.4, 0.5) is 0 Å². The molecule has 5 N–H and O–H groups in total. The van der Waals surface area contributed by atoms with Crippen LogP contribution in [-0.2, 0) is 28.5 Å². The van der Waals surface area contributed by atoms with Crippen molar-refractivity contribution in [3.8, 4) is 0 Å². The van der Waals surface area contributed by atoms with Crippen molar-refractivity contribution < 1.29 is 54.1 Å². The Morgan fingerprint density at radius 2 is 1.87 bits per heavy atom. The number of aliphatic hydroxyl groups is 5. The number of ether oxygens (including phenoxy) is 4. The molecule has 176 valence electrons. The molecule has 0 aromatic carbocycles. The topological polar surface area (TPSA) is 172 Å². The average Bonchev–Trinajstić information content (AvgIpc) is 2.98. The van der Waals surface area contributed by atoms with Gasteiger partial charge in [-0.15, -0.1) is 0 Å². The predicted octanol–water partition coefficient (Wildman–Crippen LogP) is -2.01. The second-order valence-electron chi connectivity index (χ2n) is 8.49. The van der Waals surface area contributed by atoms with Crippen molar-refractivity contribution in [2.75, 3.05) is 13.7 Å². The molecule has 2 fully saturated rings. The van der Waals surface area contributed by atoms with Crippen LogP contribution in [0.1, 0.15) is 26.7 Å². The zero-order chi connectivity index (χ0) is 23.1. The van der Waals surface area contributed by atoms with E-state index in [9.17, 15) is 35.1 Å². The number of carbonyl (C=O) groups excluding carboxylic acids is 2. The first kappa shape index (κ1) is 24.1. The number of fused-ring (bicyclic) bond motifs is 1. The second-order valence-corrected chi connectivity index (χ2v) is 8.49. The van der Waals surface area contributed by atoms with Crippen LogP contribution in [0.2, 0.25) is 0 Å². The summed E-state index contributed by atoms with van der Waals surface area (Å²) in [5, 5.41) is 50.5. The number of rotatable bonds is 5. The summed E-state index contributed by atoms with van der Waals surface area (Å²) in [5.74, 6) is -2.65. The van der Waals surface area contributed by atoms with E-state index in [0.717, 1.165) is 0 Å². The number of methoxy groups -OCH3 is 1. The van der Waals surface area contributed by atoms with Gasteiger partial charge in [0.05, 0.1) is 25.9 Å². The van der Waals surface area contributed by atoms with E-state index < -0.39 is 78.9 Å². The fraction of sp³-hybridized carbons (Fsp3) is 0.800. The minimum atomic E-state index is -1.62. The molecule has 11 nitrogen and oxygen atoms in total. The predicted molar refractivity (Wildman–Crippen MR) is 101 cm³/mol. The Kier molecular flexibility index (Phi) is 7.06. The van der Waals surface area contributed by atoms with Gasteiger partial charge < -0.3 is 44.5 Å². The summed E-state index contributed by atoms with van der Waals surface area (Å²) >= 11 is 0. The monoisotopic (exact) mass is 446 g/mol. The van der Waals surface area contributed by atoms with Crippen LogP contribution in [0.25, 0.3) is 0 Å². The summed E-state index contributed by atoms with van der Waals surface area (Å²) in [4.78, 5) is 24.1. The number of carbonyl (C=O) groups is 2. The van der Waals surface area contributed by atoms with Crippen molar-refractivity contribution in [1.82, 2.24) is 0 Å². The molecule has 3 aliphatic rings. The van der Waals surface area contributed by atoms with Crippen LogP contribution in [-0.4, -0.2) is 99.7 Å². The highest BCUT2D eigenvalue weighted by atomic mass is 16.7. The molecule has 2 aliphatic carbocycles. The van der Waals surface area contributed by atoms with Crippen molar-refractivity contribution in [2.45, 2.75) is 75.2 Å². The Hall–Kier alpha value is -1.60. The Morgan fingerprint density at radius 1 is 1.19 bits per heavy atom. The van der Waals surface area contributed by atoms with Gasteiger partial charge >= 0.3 is 11.9 Å². The molecule has 1 aliphatic heterocycles. The number of aliphatic hydroxyl groups excluding tert-OH is 5. The van der Waals surface area contributed by atoms with Crippen molar-refractivity contribution in [3.63, 3.8) is 0 Å². The van der Waals surface area contributed by atoms with E-state index in [2.05, 4.69) is 0 Å². The molecule has 0 amide bonds. The van der Waals surface area contributed by atoms with E-state index in [4.69, 9.17) is 18.9 Å². The molecule has 0 aromatic heterocycles. The molecule has 0 spiro atoms. The normalized spacial score (nSPS) is 44.9. The molecule has 31 heavy (non-hydrogen) atoms. The molecule has 1 heterocycles. The van der Waals surface area contributed by atoms with E-state index in [0.29, 0.717) is 0 Å². The Labute approximate surface area is 179 Å². The maximum atomic E-state index is 12.3. The Morgan fingerprint density at radius 3 is 2.45 bits per heavy atom. The maximum Gasteiger partial charge on any atom is 0.333 e. The van der Waals surface area contributed by atoms with Crippen LogP contribution in [0, 0.1) is 11.8 Å². The summed E-state index contributed by atoms with van der Waals surface area (Å²) in [7, 11) is 1.22. The number of hydrogen-bond donors (Lipinski definition) is 5. The van der Waals surface area contributed by atoms with E-state index in [1.165, 1.54) is 14.0 Å². The summed E-state index contributed by atoms with van der Waals surface area (Å²) in [6.07, 6.45) is -7.41. The first-order chi connectivity index (χ1) is 14.5. The minimum Gasteiger partial charge on any atom is -0.466 e. The fourth-order valence-electron chi connectivity index (χ4n) is 5.12. The highest BCUT2D eigenvalue weighted by Crippen LogP contribution is 2.52. The van der Waals surface area contributed by atoms with E-state index in [1.54, 1.807) is 13.0 Å². The SMILES string of the molecule is COC(=O)C1=CCC(OC2OC(CO)C(O)C(O)C2O)C2C1C(O)CC2(C)OC(C)=O. The molecule has 3 rings (SSSR count). The molecule has 1 saturated heterocycles. The molecule has 0 bridgehead atoms. The summed E-state index contributed by atoms with van der Waals surface area (Å²) in [5.41, 5.74) is -0.952. The smallest absolute Gasteiger partial charge is 0.333 e. The van der Waals surface area contributed by atoms with Gasteiger partial charge in [0, 0.05) is 30.8 Å². The minimum absolute atomic E-state index is 0.0464. The summed E-state index contributed by atoms with van der Waals surface area (Å²) < 4.78 is 21.7. The third-order valence-electron chi connectivity index (χ3n) is 6.41. The van der Waals surface area contributed by atoms with Crippen LogP contribution in [0.5, 0.6) is 0 Å². The van der Waals surface area contributed by atoms with Gasteiger partial charge in [-0.1, -0.05) is 6.08 Å². The molecular formula is C20H30O11. The fourth-order valence-corrected chi connectivity index (χ4v) is 5.12. The Balaban J connectivity index is 1.93. The van der Waals surface area contributed by atoms with Crippen LogP contribution >= 0.6 is 0 Å². The lowest BCUT2D eigenvalue weighted by molar-refractivity contribution is -0.318. The van der Waals surface area contributed by atoms with Crippen molar-refractivity contribution in [1.29, 1.82) is 0 Å². The molecular weight excluding hydrogens is 416 g/mol. The van der Waals surface area contributed by atoms with Crippen LogP contribution < -0.4 is 0 Å². The van der Waals surface area contributed by atoms with Gasteiger partial charge in [0.15, 0.2) is 6.29 Å². The standard InChI is InChI=1S/C20H30O11/c1-8(22)31-20(2)6-10(23)13-9(18(27)28-3)4-5-11(14(13)20)29-19-17(26)16(25)15(24)12(7-21)30-19/h4,10-17,19,21,23-26H,5-7H2,1-3H3. The highest BCUT2D eigenvalue weighted by Gasteiger charge is 2.60. The van der Waals surface area contributed by atoms with Crippen LogP contribution in [0.15, 0.2) is 11.6 Å². The van der Waals surface area contributed by atoms with Gasteiger partial charge in [0.25, 0.3) is 0 Å². The third kappa shape index (κ3) is 4.36. The van der Waals surface area contributed by atoms with E-state index in [-0.39, 0.29) is 18.4 Å². The third-order valence-corrected chi connectivity index (χ3v) is 6.41. The van der Waals surface area contributed by atoms with Gasteiger partial charge in [-0.3, -0.25) is 4.79 Å². The lowest BCUT2D eigenvalue weighted by Crippen LogP contribution is -2.60. The zero-order valence-electron chi connectivity index (χ0n) is 17.6. The number of esters is 2. The lowest BCUT2D eigenvalue weighted by atomic mass is 9.73. The van der Waals surface area contributed by atoms with Crippen LogP contribution in [0.3, 0.4) is 0 Å². The van der Waals surface area contributed by atoms with Gasteiger partial charge in [0.2, 0.25) is 0 Å². The maximum absolute atomic E-state index is 12.3. The first-order valence-corrected chi connectivity index (χ1v) is 10.2. The van der Waals surface area contributed by atoms with Gasteiger partial charge in [-0.2, -0.15) is 0 Å². The summed E-state index contributed by atoms with van der Waals surface area (Å²) in [6, 6.07) is 0. The average molecular weight is 446 g/mol. The van der Waals surface area contributed by atoms with Crippen molar-refractivity contribution in [2.24, 2.45) is 11.8 Å². The van der Waals surface area contributed by atoms with E-state index in [1.807, 2.05) is 0 Å². The Bertz CT molecular complexity index is 722. The molecule has 0 aromatic rings. The summed E-state index contributed by atoms with van der Waals surface area (Å²) in [6.45, 7) is 2.25. The highest BCUT2D eigenvalue weighted by molar-refractivity contribution is 5.89. The molecule has 11 heteroatoms. The van der Waals surface area contributed by atoms with Gasteiger partial charge in [0.1, 0.15) is 30.0 Å². The molecule has 10 atom stereocenters. The zero-order valence-corrected chi connectivity index (χ0v) is 17.6. The molecule has 0 radical (unpaired) electrons. The molecule has 10 unspecified atom stereocenters. The quantitative estimate of drug-likeness (QED) is 0.296. The van der Waals surface area contributed by atoms with Crippen molar-refractivity contribution >= 4 is 11.9 Å². The van der Waals surface area contributed by atoms with E-state index >= 15 is 0 Å². The number of hydrogen-bond acceptors (Lipinski definition) is 11. The van der Waals surface area contributed by atoms with Crippen molar-refractivity contribution in [3.05, 3.63) is 11.6 Å². The van der Waals surface area contributed by atoms with Gasteiger partial charge in [-0.05, 0) is 13.3 Å². The first-order valence-electron chi connectivity index (χ1n) is 10.2. The van der Waals surface area contributed by atoms with Gasteiger partial charge in [-0.25, -0.2) is 4.79 Å².